The predicted molar refractivity (Wildman–Crippen MR) is 120 cm³/mol. The van der Waals surface area contributed by atoms with Crippen molar-refractivity contribution in [3.8, 4) is 11.5 Å². The van der Waals surface area contributed by atoms with Crippen LogP contribution in [0.2, 0.25) is 0 Å². The molecule has 0 bridgehead atoms. The summed E-state index contributed by atoms with van der Waals surface area (Å²) >= 11 is 0. The molecule has 0 amide bonds. The Morgan fingerprint density at radius 2 is 0.964 bits per heavy atom. The van der Waals surface area contributed by atoms with Gasteiger partial charge in [0.15, 0.2) is 0 Å². The number of hydrogen-bond acceptors (Lipinski definition) is 2. The van der Waals surface area contributed by atoms with Crippen LogP contribution >= 0.6 is 0 Å². The van der Waals surface area contributed by atoms with E-state index in [4.69, 9.17) is 0 Å². The van der Waals surface area contributed by atoms with Gasteiger partial charge in [-0.25, -0.2) is 0 Å². The van der Waals surface area contributed by atoms with Crippen molar-refractivity contribution >= 4 is 0 Å². The summed E-state index contributed by atoms with van der Waals surface area (Å²) in [5, 5.41) is 20.8. The van der Waals surface area contributed by atoms with Gasteiger partial charge in [-0.2, -0.15) is 0 Å². The number of rotatable bonds is 4. The van der Waals surface area contributed by atoms with E-state index in [-0.39, 0.29) is 10.8 Å². The Labute approximate surface area is 170 Å². The van der Waals surface area contributed by atoms with Gasteiger partial charge in [0.05, 0.1) is 0 Å². The minimum absolute atomic E-state index is 0.0819. The molecule has 2 aromatic carbocycles. The van der Waals surface area contributed by atoms with E-state index in [0.29, 0.717) is 11.5 Å². The number of aromatic hydroxyl groups is 2. The van der Waals surface area contributed by atoms with E-state index in [0.717, 1.165) is 35.1 Å². The van der Waals surface area contributed by atoms with Crippen LogP contribution in [-0.2, 0) is 23.7 Å². The zero-order chi connectivity index (χ0) is 21.3. The Kier molecular flexibility index (Phi) is 6.33. The summed E-state index contributed by atoms with van der Waals surface area (Å²) in [4.78, 5) is 0. The molecule has 0 radical (unpaired) electrons. The number of benzene rings is 2. The highest BCUT2D eigenvalue weighted by Gasteiger charge is 2.21. The Bertz CT molecular complexity index is 801. The fraction of sp³-hybridized carbons (Fsp3) is 0.462. The van der Waals surface area contributed by atoms with Gasteiger partial charge >= 0.3 is 0 Å². The lowest BCUT2D eigenvalue weighted by Gasteiger charge is -2.22. The largest absolute Gasteiger partial charge is 0.507 e. The highest BCUT2D eigenvalue weighted by Crippen LogP contribution is 2.35. The number of aryl methyl sites for hydroxylation is 2. The minimum Gasteiger partial charge on any atom is -0.507 e. The predicted octanol–water partition coefficient (Wildman–Crippen LogP) is 6.65. The summed E-state index contributed by atoms with van der Waals surface area (Å²) < 4.78 is 0. The van der Waals surface area contributed by atoms with Crippen LogP contribution in [0.3, 0.4) is 0 Å². The van der Waals surface area contributed by atoms with E-state index >= 15 is 0 Å². The van der Waals surface area contributed by atoms with Crippen LogP contribution in [0.25, 0.3) is 0 Å². The molecule has 0 aliphatic heterocycles. The van der Waals surface area contributed by atoms with Crippen molar-refractivity contribution in [2.24, 2.45) is 0 Å². The van der Waals surface area contributed by atoms with E-state index in [1.807, 2.05) is 13.8 Å². The van der Waals surface area contributed by atoms with Crippen molar-refractivity contribution in [3.63, 3.8) is 0 Å². The van der Waals surface area contributed by atoms with Crippen molar-refractivity contribution in [1.29, 1.82) is 0 Å². The summed E-state index contributed by atoms with van der Waals surface area (Å²) in [6, 6.07) is 8.37. The standard InChI is InChI=1S/C26H36O2/c1-17-13-19(15-21(23(17)27)25(3,4)5)11-9-10-12-20-14-18(2)24(28)22(16-20)26(6,7)8/h9-10,13-16,27-28H,11-12H2,1-8H3. The molecule has 152 valence electrons. The Morgan fingerprint density at radius 3 is 1.25 bits per heavy atom. The second kappa shape index (κ2) is 8.03. The lowest BCUT2D eigenvalue weighted by atomic mass is 9.83. The van der Waals surface area contributed by atoms with Gasteiger partial charge in [0.25, 0.3) is 0 Å². The number of hydrogen-bond donors (Lipinski definition) is 2. The van der Waals surface area contributed by atoms with Gasteiger partial charge in [0.2, 0.25) is 0 Å². The fourth-order valence-corrected chi connectivity index (χ4v) is 3.53. The summed E-state index contributed by atoms with van der Waals surface area (Å²) in [7, 11) is 0. The maximum absolute atomic E-state index is 10.4. The lowest BCUT2D eigenvalue weighted by molar-refractivity contribution is 0.442. The molecule has 0 heterocycles. The van der Waals surface area contributed by atoms with Crippen LogP contribution < -0.4 is 0 Å². The molecule has 0 saturated carbocycles. The van der Waals surface area contributed by atoms with E-state index in [1.165, 1.54) is 11.1 Å². The van der Waals surface area contributed by atoms with Gasteiger partial charge < -0.3 is 10.2 Å². The van der Waals surface area contributed by atoms with Crippen molar-refractivity contribution in [2.45, 2.75) is 79.1 Å². The highest BCUT2D eigenvalue weighted by atomic mass is 16.3. The van der Waals surface area contributed by atoms with Gasteiger partial charge in [0, 0.05) is 0 Å². The molecule has 28 heavy (non-hydrogen) atoms. The number of phenols is 2. The van der Waals surface area contributed by atoms with Crippen LogP contribution in [-0.4, -0.2) is 10.2 Å². The second-order valence-corrected chi connectivity index (χ2v) is 10.00. The van der Waals surface area contributed by atoms with Crippen molar-refractivity contribution < 1.29 is 10.2 Å². The Balaban J connectivity index is 2.17. The van der Waals surface area contributed by atoms with E-state index in [2.05, 4.69) is 78.0 Å². The molecule has 2 aromatic rings. The average Bonchev–Trinajstić information content (AvgIpc) is 2.55. The third-order valence-corrected chi connectivity index (χ3v) is 5.21. The summed E-state index contributed by atoms with van der Waals surface area (Å²) in [5.74, 6) is 0.823. The van der Waals surface area contributed by atoms with Crippen molar-refractivity contribution in [2.75, 3.05) is 0 Å². The third kappa shape index (κ3) is 5.19. The van der Waals surface area contributed by atoms with E-state index in [1.54, 1.807) is 0 Å². The average molecular weight is 381 g/mol. The number of phenolic OH excluding ortho intramolecular Hbond substituents is 2. The Hall–Kier alpha value is -2.22. The maximum atomic E-state index is 10.4. The summed E-state index contributed by atoms with van der Waals surface area (Å²) in [5.41, 5.74) is 6.13. The molecule has 0 fully saturated rings. The summed E-state index contributed by atoms with van der Waals surface area (Å²) in [6.07, 6.45) is 6.06. The molecule has 0 atom stereocenters. The van der Waals surface area contributed by atoms with E-state index < -0.39 is 0 Å². The van der Waals surface area contributed by atoms with Crippen LogP contribution in [0.15, 0.2) is 36.4 Å². The molecule has 0 unspecified atom stereocenters. The van der Waals surface area contributed by atoms with Crippen molar-refractivity contribution in [1.82, 2.24) is 0 Å². The molecule has 2 rings (SSSR count). The number of allylic oxidation sites excluding steroid dienone is 2. The molecule has 2 nitrogen and oxygen atoms in total. The molecule has 2 heteroatoms. The second-order valence-electron chi connectivity index (χ2n) is 10.00. The monoisotopic (exact) mass is 380 g/mol. The molecule has 2 N–H and O–H groups in total. The Morgan fingerprint density at radius 1 is 0.643 bits per heavy atom. The van der Waals surface area contributed by atoms with Crippen LogP contribution in [0.1, 0.15) is 74.9 Å². The van der Waals surface area contributed by atoms with E-state index in [9.17, 15) is 10.2 Å². The summed E-state index contributed by atoms with van der Waals surface area (Å²) in [6.45, 7) is 16.7. The van der Waals surface area contributed by atoms with Gasteiger partial charge in [-0.15, -0.1) is 0 Å². The van der Waals surface area contributed by atoms with Gasteiger partial charge in [-0.05, 0) is 70.9 Å². The smallest absolute Gasteiger partial charge is 0.122 e. The highest BCUT2D eigenvalue weighted by molar-refractivity contribution is 5.48. The van der Waals surface area contributed by atoms with Gasteiger partial charge in [-0.3, -0.25) is 0 Å². The van der Waals surface area contributed by atoms with Gasteiger partial charge in [-0.1, -0.05) is 78.0 Å². The van der Waals surface area contributed by atoms with Crippen molar-refractivity contribution in [3.05, 3.63) is 69.8 Å². The maximum Gasteiger partial charge on any atom is 0.122 e. The first-order valence-corrected chi connectivity index (χ1v) is 10.1. The molecular formula is C26H36O2. The molecule has 0 aromatic heterocycles. The van der Waals surface area contributed by atoms with Crippen LogP contribution in [0, 0.1) is 13.8 Å². The topological polar surface area (TPSA) is 40.5 Å². The normalized spacial score (nSPS) is 12.7. The zero-order valence-corrected chi connectivity index (χ0v) is 18.8. The molecule has 0 spiro atoms. The van der Waals surface area contributed by atoms with Crippen LogP contribution in [0.5, 0.6) is 11.5 Å². The lowest BCUT2D eigenvalue weighted by Crippen LogP contribution is -2.12. The SMILES string of the molecule is Cc1cc(CC=CCc2cc(C)c(O)c(C(C)(C)C)c2)cc(C(C)(C)C)c1O. The molecule has 0 aliphatic carbocycles. The quantitative estimate of drug-likeness (QED) is 0.583. The minimum atomic E-state index is -0.0819. The first-order chi connectivity index (χ1) is 12.8. The molecular weight excluding hydrogens is 344 g/mol. The first-order valence-electron chi connectivity index (χ1n) is 10.1. The van der Waals surface area contributed by atoms with Crippen LogP contribution in [0.4, 0.5) is 0 Å². The molecule has 0 saturated heterocycles. The van der Waals surface area contributed by atoms with Gasteiger partial charge in [0.1, 0.15) is 11.5 Å². The molecule has 0 aliphatic rings. The fourth-order valence-electron chi connectivity index (χ4n) is 3.53. The zero-order valence-electron chi connectivity index (χ0n) is 18.8. The third-order valence-electron chi connectivity index (χ3n) is 5.21. The first kappa shape index (κ1) is 22.1.